The monoisotopic (exact) mass is 440 g/mol. The van der Waals surface area contributed by atoms with Gasteiger partial charge >= 0.3 is 0 Å². The highest BCUT2D eigenvalue weighted by atomic mass is 35.5. The summed E-state index contributed by atoms with van der Waals surface area (Å²) >= 11 is 6.09. The third kappa shape index (κ3) is 3.68. The van der Waals surface area contributed by atoms with E-state index in [9.17, 15) is 18.0 Å². The minimum atomic E-state index is -3.84. The van der Waals surface area contributed by atoms with Crippen molar-refractivity contribution in [3.63, 3.8) is 0 Å². The van der Waals surface area contributed by atoms with Crippen molar-refractivity contribution < 1.29 is 18.0 Å². The molecular formula is C20H13ClN4O4S. The van der Waals surface area contributed by atoms with Gasteiger partial charge in [0.05, 0.1) is 10.5 Å². The molecule has 3 aromatic rings. The molecule has 0 aliphatic heterocycles. The number of carbonyl (C=O) groups is 2. The summed E-state index contributed by atoms with van der Waals surface area (Å²) < 4.78 is 27.3. The van der Waals surface area contributed by atoms with Crippen LogP contribution in [0, 0.1) is 0 Å². The first-order chi connectivity index (χ1) is 14.4. The molecule has 0 radical (unpaired) electrons. The van der Waals surface area contributed by atoms with Crippen molar-refractivity contribution in [1.29, 1.82) is 0 Å². The van der Waals surface area contributed by atoms with Crippen LogP contribution in [0.4, 0.5) is 11.5 Å². The lowest BCUT2D eigenvalue weighted by atomic mass is 9.97. The molecule has 2 N–H and O–H groups in total. The Morgan fingerprint density at radius 3 is 2.27 bits per heavy atom. The van der Waals surface area contributed by atoms with Crippen LogP contribution >= 0.6 is 11.6 Å². The van der Waals surface area contributed by atoms with Crippen molar-refractivity contribution in [3.05, 3.63) is 89.0 Å². The first kappa shape index (κ1) is 19.7. The number of halogens is 1. The Hall–Kier alpha value is -3.56. The molecule has 0 bridgehead atoms. The molecule has 10 heteroatoms. The molecule has 1 aliphatic rings. The first-order valence-corrected chi connectivity index (χ1v) is 10.5. The molecule has 0 amide bonds. The molecule has 30 heavy (non-hydrogen) atoms. The highest BCUT2D eigenvalue weighted by Gasteiger charge is 2.32. The molecule has 0 saturated carbocycles. The van der Waals surface area contributed by atoms with Crippen LogP contribution in [0.3, 0.4) is 0 Å². The maximum atomic E-state index is 12.7. The van der Waals surface area contributed by atoms with Gasteiger partial charge in [-0.3, -0.25) is 19.3 Å². The Kier molecular flexibility index (Phi) is 5.06. The maximum Gasteiger partial charge on any atom is 0.263 e. The predicted octanol–water partition coefficient (Wildman–Crippen LogP) is 3.22. The van der Waals surface area contributed by atoms with Gasteiger partial charge in [-0.25, -0.2) is 13.4 Å². The Morgan fingerprint density at radius 1 is 0.833 bits per heavy atom. The number of rotatable bonds is 5. The van der Waals surface area contributed by atoms with Crippen molar-refractivity contribution >= 4 is 44.7 Å². The highest BCUT2D eigenvalue weighted by Crippen LogP contribution is 2.28. The van der Waals surface area contributed by atoms with Crippen molar-refractivity contribution in [2.45, 2.75) is 4.90 Å². The summed E-state index contributed by atoms with van der Waals surface area (Å²) in [5.74, 6) is -0.848. The number of nitrogens with one attached hydrogen (secondary N) is 2. The average molecular weight is 441 g/mol. The second-order valence-electron chi connectivity index (χ2n) is 6.22. The Balaban J connectivity index is 1.58. The van der Waals surface area contributed by atoms with E-state index in [0.29, 0.717) is 5.69 Å². The highest BCUT2D eigenvalue weighted by molar-refractivity contribution is 7.92. The number of Topliss-reactive ketones (excluding diaryl/α,β-unsaturated/α-hetero) is 2. The third-order valence-corrected chi connectivity index (χ3v) is 5.98. The topological polar surface area (TPSA) is 118 Å². The minimum Gasteiger partial charge on any atom is -0.351 e. The van der Waals surface area contributed by atoms with Crippen molar-refractivity contribution in [1.82, 2.24) is 9.97 Å². The number of hydrogen-bond acceptors (Lipinski definition) is 7. The zero-order valence-electron chi connectivity index (χ0n) is 15.2. The van der Waals surface area contributed by atoms with Crippen LogP contribution in [0.1, 0.15) is 20.8 Å². The lowest BCUT2D eigenvalue weighted by Crippen LogP contribution is -2.25. The standard InChI is InChI=1S/C20H13ClN4O4S/c21-16-18(19(26)14-4-3-11-23-17(14)20(16)27)24-12-6-8-13(9-7-12)30(28,29)25-15-5-1-2-10-22-15/h1-11,24H,(H,22,25). The summed E-state index contributed by atoms with van der Waals surface area (Å²) in [6.45, 7) is 0. The molecule has 1 aromatic carbocycles. The minimum absolute atomic E-state index is 0.0000807. The molecule has 4 rings (SSSR count). The van der Waals surface area contributed by atoms with E-state index in [2.05, 4.69) is 20.0 Å². The van der Waals surface area contributed by atoms with Crippen molar-refractivity contribution in [2.24, 2.45) is 0 Å². The third-order valence-electron chi connectivity index (χ3n) is 4.25. The summed E-state index contributed by atoms with van der Waals surface area (Å²) in [7, 11) is -3.84. The van der Waals surface area contributed by atoms with E-state index in [1.54, 1.807) is 18.2 Å². The second kappa shape index (κ2) is 7.69. The normalized spacial score (nSPS) is 13.8. The summed E-state index contributed by atoms with van der Waals surface area (Å²) in [5, 5.41) is 2.52. The Labute approximate surface area is 176 Å². The van der Waals surface area contributed by atoms with E-state index < -0.39 is 21.6 Å². The fraction of sp³-hybridized carbons (Fsp3) is 0. The van der Waals surface area contributed by atoms with Gasteiger partial charge in [-0.2, -0.15) is 0 Å². The Morgan fingerprint density at radius 2 is 1.57 bits per heavy atom. The number of sulfonamides is 1. The number of hydrogen-bond donors (Lipinski definition) is 2. The largest absolute Gasteiger partial charge is 0.351 e. The lowest BCUT2D eigenvalue weighted by Gasteiger charge is -2.18. The first-order valence-electron chi connectivity index (χ1n) is 8.62. The number of aromatic nitrogens is 2. The smallest absolute Gasteiger partial charge is 0.263 e. The molecule has 0 saturated heterocycles. The summed E-state index contributed by atoms with van der Waals surface area (Å²) in [6.07, 6.45) is 2.88. The quantitative estimate of drug-likeness (QED) is 0.625. The summed E-state index contributed by atoms with van der Waals surface area (Å²) in [5.41, 5.74) is 0.436. The molecule has 1 aliphatic carbocycles. The molecule has 8 nitrogen and oxygen atoms in total. The molecule has 0 spiro atoms. The SMILES string of the molecule is O=C1C(Nc2ccc(S(=O)(=O)Nc3ccccn3)cc2)=C(Cl)C(=O)c2ncccc21. The average Bonchev–Trinajstić information content (AvgIpc) is 2.76. The van der Waals surface area contributed by atoms with Gasteiger partial charge in [-0.05, 0) is 48.5 Å². The van der Waals surface area contributed by atoms with E-state index in [-0.39, 0.29) is 32.7 Å². The summed E-state index contributed by atoms with van der Waals surface area (Å²) in [4.78, 5) is 32.9. The molecular weight excluding hydrogens is 428 g/mol. The van der Waals surface area contributed by atoms with Gasteiger partial charge in [0.2, 0.25) is 11.6 Å². The zero-order chi connectivity index (χ0) is 21.3. The van der Waals surface area contributed by atoms with Crippen LogP contribution in [0.2, 0.25) is 0 Å². The molecule has 0 atom stereocenters. The molecule has 0 unspecified atom stereocenters. The van der Waals surface area contributed by atoms with Crippen molar-refractivity contribution in [3.8, 4) is 0 Å². The van der Waals surface area contributed by atoms with Crippen LogP contribution in [0.25, 0.3) is 0 Å². The second-order valence-corrected chi connectivity index (χ2v) is 8.28. The fourth-order valence-electron chi connectivity index (χ4n) is 2.81. The molecule has 0 fully saturated rings. The van der Waals surface area contributed by atoms with Gasteiger partial charge in [0.1, 0.15) is 22.2 Å². The van der Waals surface area contributed by atoms with Crippen LogP contribution in [-0.2, 0) is 10.0 Å². The van der Waals surface area contributed by atoms with Gasteiger partial charge in [0, 0.05) is 18.1 Å². The maximum absolute atomic E-state index is 12.7. The van der Waals surface area contributed by atoms with Crippen molar-refractivity contribution in [2.75, 3.05) is 10.0 Å². The number of carbonyl (C=O) groups excluding carboxylic acids is 2. The van der Waals surface area contributed by atoms with Gasteiger partial charge < -0.3 is 5.32 Å². The fourth-order valence-corrected chi connectivity index (χ4v) is 4.05. The van der Waals surface area contributed by atoms with E-state index in [4.69, 9.17) is 11.6 Å². The summed E-state index contributed by atoms with van der Waals surface area (Å²) in [6, 6.07) is 13.5. The lowest BCUT2D eigenvalue weighted by molar-refractivity contribution is 0.0978. The van der Waals surface area contributed by atoms with Gasteiger partial charge in [0.25, 0.3) is 10.0 Å². The van der Waals surface area contributed by atoms with Gasteiger partial charge in [0.15, 0.2) is 0 Å². The van der Waals surface area contributed by atoms with E-state index in [1.165, 1.54) is 48.8 Å². The predicted molar refractivity (Wildman–Crippen MR) is 111 cm³/mol. The van der Waals surface area contributed by atoms with Crippen LogP contribution in [0.5, 0.6) is 0 Å². The number of anilines is 2. The molecule has 2 heterocycles. The number of ketones is 2. The number of fused-ring (bicyclic) bond motifs is 1. The molecule has 150 valence electrons. The molecule has 2 aromatic heterocycles. The van der Waals surface area contributed by atoms with Crippen LogP contribution in [-0.4, -0.2) is 30.0 Å². The zero-order valence-corrected chi connectivity index (χ0v) is 16.7. The van der Waals surface area contributed by atoms with Crippen LogP contribution < -0.4 is 10.0 Å². The number of pyridine rings is 2. The van der Waals surface area contributed by atoms with E-state index in [1.807, 2.05) is 0 Å². The van der Waals surface area contributed by atoms with E-state index in [0.717, 1.165) is 0 Å². The number of nitrogens with zero attached hydrogens (tertiary/aromatic N) is 2. The van der Waals surface area contributed by atoms with E-state index >= 15 is 0 Å². The van der Waals surface area contributed by atoms with Gasteiger partial charge in [-0.1, -0.05) is 17.7 Å². The number of benzene rings is 1. The number of allylic oxidation sites excluding steroid dienone is 2. The van der Waals surface area contributed by atoms with Gasteiger partial charge in [-0.15, -0.1) is 0 Å². The van der Waals surface area contributed by atoms with Crippen LogP contribution in [0.15, 0.2) is 82.6 Å². The Bertz CT molecular complexity index is 1290.